The number of hydrogen-bond acceptors (Lipinski definition) is 5. The molecule has 0 aliphatic heterocycles. The number of esters is 2. The zero-order valence-electron chi connectivity index (χ0n) is 11.4. The second-order valence-electron chi connectivity index (χ2n) is 4.02. The predicted octanol–water partition coefficient (Wildman–Crippen LogP) is 1.95. The minimum absolute atomic E-state index is 0.0290. The number of ether oxygens (including phenoxy) is 2. The van der Waals surface area contributed by atoms with Crippen LogP contribution in [-0.2, 0) is 19.1 Å². The zero-order valence-corrected chi connectivity index (χ0v) is 11.4. The third-order valence-electron chi connectivity index (χ3n) is 2.52. The lowest BCUT2D eigenvalue weighted by atomic mass is 10.1. The van der Waals surface area contributed by atoms with Crippen molar-refractivity contribution in [1.82, 2.24) is 0 Å². The third-order valence-corrected chi connectivity index (χ3v) is 2.52. The first-order valence-electron chi connectivity index (χ1n) is 5.70. The molecule has 1 aromatic carbocycles. The minimum Gasteiger partial charge on any atom is -0.466 e. The minimum atomic E-state index is -0.634. The number of methoxy groups -OCH3 is 2. The number of aryl methyl sites for hydroxylation is 2. The fraction of sp³-hybridized carbons (Fsp3) is 0.286. The lowest BCUT2D eigenvalue weighted by Gasteiger charge is -2.11. The molecule has 5 nitrogen and oxygen atoms in total. The van der Waals surface area contributed by atoms with Crippen LogP contribution in [0.1, 0.15) is 11.1 Å². The first-order valence-corrected chi connectivity index (χ1v) is 5.70. The Labute approximate surface area is 112 Å². The molecule has 102 valence electrons. The molecule has 0 atom stereocenters. The number of hydrogen-bond donors (Lipinski definition) is 1. The summed E-state index contributed by atoms with van der Waals surface area (Å²) in [4.78, 5) is 22.8. The monoisotopic (exact) mass is 263 g/mol. The van der Waals surface area contributed by atoms with Gasteiger partial charge in [-0.1, -0.05) is 17.7 Å². The summed E-state index contributed by atoms with van der Waals surface area (Å²) >= 11 is 0. The van der Waals surface area contributed by atoms with Crippen LogP contribution < -0.4 is 5.32 Å². The number of nitrogens with one attached hydrogen (secondary N) is 1. The summed E-state index contributed by atoms with van der Waals surface area (Å²) in [6.07, 6.45) is 1.06. The van der Waals surface area contributed by atoms with Gasteiger partial charge in [0.1, 0.15) is 5.70 Å². The van der Waals surface area contributed by atoms with E-state index in [1.54, 1.807) is 0 Å². The van der Waals surface area contributed by atoms with Crippen molar-refractivity contribution < 1.29 is 19.1 Å². The van der Waals surface area contributed by atoms with Crippen LogP contribution in [0.15, 0.2) is 30.0 Å². The quantitative estimate of drug-likeness (QED) is 0.664. The lowest BCUT2D eigenvalue weighted by Crippen LogP contribution is -2.16. The molecule has 0 saturated heterocycles. The number of carbonyl (C=O) groups excluding carboxylic acids is 2. The maximum atomic E-state index is 11.6. The van der Waals surface area contributed by atoms with Crippen molar-refractivity contribution in [2.45, 2.75) is 13.8 Å². The Morgan fingerprint density at radius 3 is 2.37 bits per heavy atom. The molecule has 0 aromatic heterocycles. The van der Waals surface area contributed by atoms with Crippen LogP contribution in [0.3, 0.4) is 0 Å². The molecule has 0 unspecified atom stereocenters. The van der Waals surface area contributed by atoms with E-state index in [1.807, 2.05) is 32.0 Å². The van der Waals surface area contributed by atoms with Crippen molar-refractivity contribution in [2.24, 2.45) is 0 Å². The highest BCUT2D eigenvalue weighted by molar-refractivity contribution is 5.98. The molecular weight excluding hydrogens is 246 g/mol. The molecule has 0 aliphatic rings. The van der Waals surface area contributed by atoms with Crippen LogP contribution in [-0.4, -0.2) is 26.2 Å². The van der Waals surface area contributed by atoms with Crippen molar-refractivity contribution in [1.29, 1.82) is 0 Å². The van der Waals surface area contributed by atoms with E-state index < -0.39 is 11.9 Å². The maximum Gasteiger partial charge on any atom is 0.354 e. The largest absolute Gasteiger partial charge is 0.466 e. The summed E-state index contributed by atoms with van der Waals surface area (Å²) in [6, 6.07) is 5.70. The van der Waals surface area contributed by atoms with Gasteiger partial charge in [0.2, 0.25) is 0 Å². The van der Waals surface area contributed by atoms with E-state index >= 15 is 0 Å². The molecule has 5 heteroatoms. The van der Waals surface area contributed by atoms with Crippen molar-refractivity contribution in [3.05, 3.63) is 41.1 Å². The lowest BCUT2D eigenvalue weighted by molar-refractivity contribution is -0.138. The van der Waals surface area contributed by atoms with Gasteiger partial charge >= 0.3 is 11.9 Å². The standard InChI is InChI=1S/C14H17NO4/c1-9-5-6-11(10(2)7-9)15-12(14(17)19-4)8-13(16)18-3/h5-8,15H,1-4H3/b12-8+. The van der Waals surface area contributed by atoms with Gasteiger partial charge in [-0.25, -0.2) is 9.59 Å². The Bertz CT molecular complexity index is 520. The fourth-order valence-corrected chi connectivity index (χ4v) is 1.53. The van der Waals surface area contributed by atoms with Crippen LogP contribution in [0.2, 0.25) is 0 Å². The summed E-state index contributed by atoms with van der Waals surface area (Å²) in [5, 5.41) is 2.88. The summed E-state index contributed by atoms with van der Waals surface area (Å²) < 4.78 is 9.12. The number of carbonyl (C=O) groups is 2. The van der Waals surface area contributed by atoms with Gasteiger partial charge in [-0.3, -0.25) is 0 Å². The molecule has 19 heavy (non-hydrogen) atoms. The number of benzene rings is 1. The van der Waals surface area contributed by atoms with E-state index in [1.165, 1.54) is 14.2 Å². The van der Waals surface area contributed by atoms with Gasteiger partial charge in [0, 0.05) is 5.69 Å². The van der Waals surface area contributed by atoms with E-state index in [-0.39, 0.29) is 5.70 Å². The average Bonchev–Trinajstić information content (AvgIpc) is 2.39. The van der Waals surface area contributed by atoms with E-state index in [0.717, 1.165) is 22.9 Å². The van der Waals surface area contributed by atoms with Gasteiger partial charge in [-0.15, -0.1) is 0 Å². The van der Waals surface area contributed by atoms with Crippen LogP contribution in [0.4, 0.5) is 5.69 Å². The Hall–Kier alpha value is -2.30. The molecule has 0 aliphatic carbocycles. The molecule has 0 bridgehead atoms. The van der Waals surface area contributed by atoms with Crippen LogP contribution in [0, 0.1) is 13.8 Å². The van der Waals surface area contributed by atoms with Crippen LogP contribution in [0.25, 0.3) is 0 Å². The van der Waals surface area contributed by atoms with Crippen molar-refractivity contribution in [2.75, 3.05) is 19.5 Å². The number of anilines is 1. The maximum absolute atomic E-state index is 11.6. The van der Waals surface area contributed by atoms with Gasteiger partial charge in [0.05, 0.1) is 20.3 Å². The molecule has 0 radical (unpaired) electrons. The van der Waals surface area contributed by atoms with Crippen LogP contribution >= 0.6 is 0 Å². The summed E-state index contributed by atoms with van der Waals surface area (Å²) in [5.74, 6) is -1.26. The normalized spacial score (nSPS) is 10.8. The molecule has 1 rings (SSSR count). The average molecular weight is 263 g/mol. The van der Waals surface area contributed by atoms with Crippen molar-refractivity contribution in [3.8, 4) is 0 Å². The van der Waals surface area contributed by atoms with Crippen LogP contribution in [0.5, 0.6) is 0 Å². The van der Waals surface area contributed by atoms with Crippen molar-refractivity contribution >= 4 is 17.6 Å². The smallest absolute Gasteiger partial charge is 0.354 e. The molecule has 1 aromatic rings. The molecule has 0 heterocycles. The third kappa shape index (κ3) is 4.13. The highest BCUT2D eigenvalue weighted by Crippen LogP contribution is 2.18. The van der Waals surface area contributed by atoms with Gasteiger partial charge in [0.25, 0.3) is 0 Å². The van der Waals surface area contributed by atoms with Gasteiger partial charge in [-0.05, 0) is 25.5 Å². The molecule has 0 saturated carbocycles. The van der Waals surface area contributed by atoms with Crippen molar-refractivity contribution in [3.63, 3.8) is 0 Å². The second-order valence-corrected chi connectivity index (χ2v) is 4.02. The summed E-state index contributed by atoms with van der Waals surface area (Å²) in [5.41, 5.74) is 2.83. The summed E-state index contributed by atoms with van der Waals surface area (Å²) in [7, 11) is 2.49. The Kier molecular flexibility index (Phi) is 5.11. The van der Waals surface area contributed by atoms with E-state index in [2.05, 4.69) is 14.8 Å². The molecule has 0 fully saturated rings. The van der Waals surface area contributed by atoms with Gasteiger partial charge < -0.3 is 14.8 Å². The molecule has 0 spiro atoms. The Morgan fingerprint density at radius 2 is 1.84 bits per heavy atom. The first kappa shape index (κ1) is 14.8. The van der Waals surface area contributed by atoms with E-state index in [4.69, 9.17) is 0 Å². The zero-order chi connectivity index (χ0) is 14.4. The second kappa shape index (κ2) is 6.58. The highest BCUT2D eigenvalue weighted by Gasteiger charge is 2.13. The topological polar surface area (TPSA) is 64.6 Å². The Morgan fingerprint density at radius 1 is 1.16 bits per heavy atom. The summed E-state index contributed by atoms with van der Waals surface area (Å²) in [6.45, 7) is 3.88. The van der Waals surface area contributed by atoms with Gasteiger partial charge in [0.15, 0.2) is 0 Å². The van der Waals surface area contributed by atoms with E-state index in [9.17, 15) is 9.59 Å². The first-order chi connectivity index (χ1) is 8.97. The Balaban J connectivity index is 3.04. The predicted molar refractivity (Wildman–Crippen MR) is 71.7 cm³/mol. The van der Waals surface area contributed by atoms with Gasteiger partial charge in [-0.2, -0.15) is 0 Å². The highest BCUT2D eigenvalue weighted by atomic mass is 16.5. The fourth-order valence-electron chi connectivity index (χ4n) is 1.53. The molecule has 1 N–H and O–H groups in total. The number of rotatable bonds is 4. The SMILES string of the molecule is COC(=O)/C=C(/Nc1ccc(C)cc1C)C(=O)OC. The molecule has 0 amide bonds. The van der Waals surface area contributed by atoms with E-state index in [0.29, 0.717) is 0 Å². The molecular formula is C14H17NO4.